The van der Waals surface area contributed by atoms with E-state index < -0.39 is 11.9 Å². The van der Waals surface area contributed by atoms with Crippen molar-refractivity contribution in [2.75, 3.05) is 13.2 Å². The van der Waals surface area contributed by atoms with Crippen molar-refractivity contribution in [1.82, 2.24) is 5.32 Å². The summed E-state index contributed by atoms with van der Waals surface area (Å²) in [7, 11) is 0. The summed E-state index contributed by atoms with van der Waals surface area (Å²) in [5.74, 6) is 4.61. The van der Waals surface area contributed by atoms with Crippen LogP contribution in [0.4, 0.5) is 4.39 Å². The first-order valence-corrected chi connectivity index (χ1v) is 6.98. The first-order chi connectivity index (χ1) is 10.2. The lowest BCUT2D eigenvalue weighted by Crippen LogP contribution is -2.38. The number of nitrogens with one attached hydrogen (secondary N) is 1. The van der Waals surface area contributed by atoms with Gasteiger partial charge in [-0.05, 0) is 37.5 Å². The number of ether oxygens (including phenoxy) is 1. The van der Waals surface area contributed by atoms with Crippen LogP contribution >= 0.6 is 0 Å². The number of hydrogen-bond donors (Lipinski definition) is 2. The first-order valence-electron chi connectivity index (χ1n) is 6.98. The van der Waals surface area contributed by atoms with Gasteiger partial charge in [-0.3, -0.25) is 4.79 Å². The highest BCUT2D eigenvalue weighted by Gasteiger charge is 2.21. The average Bonchev–Trinajstić information content (AvgIpc) is 2.53. The van der Waals surface area contributed by atoms with Crippen LogP contribution in [0.3, 0.4) is 0 Å². The minimum Gasteiger partial charge on any atom is -0.384 e. The number of benzene rings is 1. The van der Waals surface area contributed by atoms with Crippen LogP contribution in [0.15, 0.2) is 18.2 Å². The number of halogens is 1. The van der Waals surface area contributed by atoms with Gasteiger partial charge in [0.25, 0.3) is 0 Å². The lowest BCUT2D eigenvalue weighted by Gasteiger charge is -2.21. The summed E-state index contributed by atoms with van der Waals surface area (Å²) in [4.78, 5) is 11.9. The Morgan fingerprint density at radius 2 is 2.33 bits per heavy atom. The summed E-state index contributed by atoms with van der Waals surface area (Å²) in [5, 5.41) is 11.3. The molecule has 1 amide bonds. The van der Waals surface area contributed by atoms with Crippen LogP contribution in [0.1, 0.15) is 30.4 Å². The fourth-order valence-electron chi connectivity index (χ4n) is 2.17. The van der Waals surface area contributed by atoms with Crippen molar-refractivity contribution in [2.45, 2.75) is 31.9 Å². The van der Waals surface area contributed by atoms with Gasteiger partial charge in [0, 0.05) is 24.3 Å². The largest absolute Gasteiger partial charge is 0.384 e. The van der Waals surface area contributed by atoms with Crippen molar-refractivity contribution in [2.24, 2.45) is 0 Å². The monoisotopic (exact) mass is 291 g/mol. The summed E-state index contributed by atoms with van der Waals surface area (Å²) in [6, 6.07) is 4.41. The molecule has 21 heavy (non-hydrogen) atoms. The lowest BCUT2D eigenvalue weighted by molar-refractivity contribution is -0.135. The number of aliphatic hydroxyl groups excluding tert-OH is 1. The van der Waals surface area contributed by atoms with Crippen molar-refractivity contribution in [3.05, 3.63) is 35.1 Å². The Bertz CT molecular complexity index is 556. The van der Waals surface area contributed by atoms with Crippen molar-refractivity contribution in [1.29, 1.82) is 0 Å². The van der Waals surface area contributed by atoms with E-state index in [9.17, 15) is 9.18 Å². The highest BCUT2D eigenvalue weighted by molar-refractivity contribution is 5.80. The Hall–Kier alpha value is -1.90. The molecule has 0 radical (unpaired) electrons. The Morgan fingerprint density at radius 1 is 1.48 bits per heavy atom. The number of carbonyl (C=O) groups is 1. The van der Waals surface area contributed by atoms with Gasteiger partial charge in [0.1, 0.15) is 18.5 Å². The number of hydrogen-bond acceptors (Lipinski definition) is 3. The van der Waals surface area contributed by atoms with E-state index in [1.165, 1.54) is 12.1 Å². The molecule has 1 aromatic rings. The first kappa shape index (κ1) is 15.5. The molecule has 1 unspecified atom stereocenters. The molecule has 4 nitrogen and oxygen atoms in total. The van der Waals surface area contributed by atoms with Gasteiger partial charge in [-0.2, -0.15) is 0 Å². The summed E-state index contributed by atoms with van der Waals surface area (Å²) < 4.78 is 19.1. The Labute approximate surface area is 123 Å². The van der Waals surface area contributed by atoms with Gasteiger partial charge < -0.3 is 15.2 Å². The zero-order chi connectivity index (χ0) is 15.1. The van der Waals surface area contributed by atoms with E-state index in [1.807, 2.05) is 0 Å². The molecule has 5 heteroatoms. The maximum absolute atomic E-state index is 13.7. The zero-order valence-corrected chi connectivity index (χ0v) is 11.7. The van der Waals surface area contributed by atoms with Gasteiger partial charge in [0.2, 0.25) is 5.91 Å². The van der Waals surface area contributed by atoms with Crippen LogP contribution < -0.4 is 5.32 Å². The molecule has 1 atom stereocenters. The normalized spacial score (nSPS) is 17.7. The minimum atomic E-state index is -0.431. The van der Waals surface area contributed by atoms with Gasteiger partial charge >= 0.3 is 0 Å². The molecule has 0 saturated carbocycles. The topological polar surface area (TPSA) is 58.6 Å². The Morgan fingerprint density at radius 3 is 3.05 bits per heavy atom. The summed E-state index contributed by atoms with van der Waals surface area (Å²) in [5.41, 5.74) is 0.965. The molecule has 1 aliphatic rings. The quantitative estimate of drug-likeness (QED) is 0.827. The van der Waals surface area contributed by atoms with Crippen LogP contribution in [0, 0.1) is 17.7 Å². The summed E-state index contributed by atoms with van der Waals surface area (Å²) in [6.45, 7) is 0.445. The van der Waals surface area contributed by atoms with E-state index in [0.29, 0.717) is 24.2 Å². The highest BCUT2D eigenvalue weighted by atomic mass is 19.1. The smallest absolute Gasteiger partial charge is 0.249 e. The predicted octanol–water partition coefficient (Wildman–Crippen LogP) is 1.35. The third-order valence-electron chi connectivity index (χ3n) is 3.28. The van der Waals surface area contributed by atoms with E-state index in [0.717, 1.165) is 12.8 Å². The molecule has 1 aliphatic heterocycles. The van der Waals surface area contributed by atoms with Crippen molar-refractivity contribution < 1.29 is 19.0 Å². The van der Waals surface area contributed by atoms with Crippen LogP contribution in [0.5, 0.6) is 0 Å². The molecule has 1 heterocycles. The van der Waals surface area contributed by atoms with Crippen molar-refractivity contribution in [3.8, 4) is 11.8 Å². The number of aliphatic hydroxyl groups is 1. The van der Waals surface area contributed by atoms with E-state index in [-0.39, 0.29) is 19.1 Å². The van der Waals surface area contributed by atoms with Gasteiger partial charge in [0.15, 0.2) is 0 Å². The molecule has 2 rings (SSSR count). The average molecular weight is 291 g/mol. The van der Waals surface area contributed by atoms with E-state index in [1.54, 1.807) is 6.07 Å². The molecular formula is C16H18FNO3. The molecule has 1 aromatic carbocycles. The molecule has 0 aromatic heterocycles. The molecule has 0 spiro atoms. The second-order valence-corrected chi connectivity index (χ2v) is 4.84. The second kappa shape index (κ2) is 7.77. The molecule has 2 N–H and O–H groups in total. The van der Waals surface area contributed by atoms with Crippen molar-refractivity contribution in [3.63, 3.8) is 0 Å². The molecule has 112 valence electrons. The van der Waals surface area contributed by atoms with Gasteiger partial charge in [-0.1, -0.05) is 11.8 Å². The SMILES string of the molecule is O=C(NCc1cc(C#CCO)ccc1F)C1CCCCO1. The number of carbonyl (C=O) groups excluding carboxylic acids is 1. The summed E-state index contributed by atoms with van der Waals surface area (Å²) >= 11 is 0. The van der Waals surface area contributed by atoms with E-state index in [2.05, 4.69) is 17.2 Å². The highest BCUT2D eigenvalue weighted by Crippen LogP contribution is 2.14. The fraction of sp³-hybridized carbons (Fsp3) is 0.438. The molecule has 0 aliphatic carbocycles. The second-order valence-electron chi connectivity index (χ2n) is 4.84. The maximum Gasteiger partial charge on any atom is 0.249 e. The van der Waals surface area contributed by atoms with Crippen molar-refractivity contribution >= 4 is 5.91 Å². The third-order valence-corrected chi connectivity index (χ3v) is 3.28. The summed E-state index contributed by atoms with van der Waals surface area (Å²) in [6.07, 6.45) is 2.22. The standard InChI is InChI=1S/C16H18FNO3/c17-14-7-6-12(4-3-8-19)10-13(14)11-18-16(20)15-5-1-2-9-21-15/h6-7,10,15,19H,1-2,5,8-9,11H2,(H,18,20). The predicted molar refractivity (Wildman–Crippen MR) is 75.8 cm³/mol. The fourth-order valence-corrected chi connectivity index (χ4v) is 2.17. The zero-order valence-electron chi connectivity index (χ0n) is 11.7. The van der Waals surface area contributed by atoms with E-state index in [4.69, 9.17) is 9.84 Å². The Balaban J connectivity index is 1.96. The van der Waals surface area contributed by atoms with E-state index >= 15 is 0 Å². The third kappa shape index (κ3) is 4.55. The lowest BCUT2D eigenvalue weighted by atomic mass is 10.1. The molecular weight excluding hydrogens is 273 g/mol. The Kier molecular flexibility index (Phi) is 5.73. The van der Waals surface area contributed by atoms with Crippen LogP contribution in [-0.2, 0) is 16.1 Å². The van der Waals surface area contributed by atoms with Crippen LogP contribution in [0.25, 0.3) is 0 Å². The van der Waals surface area contributed by atoms with Crippen LogP contribution in [0.2, 0.25) is 0 Å². The van der Waals surface area contributed by atoms with Crippen LogP contribution in [-0.4, -0.2) is 30.3 Å². The van der Waals surface area contributed by atoms with Gasteiger partial charge in [0.05, 0.1) is 0 Å². The number of amides is 1. The maximum atomic E-state index is 13.7. The molecule has 0 bridgehead atoms. The minimum absolute atomic E-state index is 0.0964. The molecule has 1 saturated heterocycles. The number of rotatable bonds is 3. The molecule has 1 fully saturated rings. The van der Waals surface area contributed by atoms with Gasteiger partial charge in [-0.15, -0.1) is 0 Å². The van der Waals surface area contributed by atoms with Gasteiger partial charge in [-0.25, -0.2) is 4.39 Å².